The van der Waals surface area contributed by atoms with E-state index in [0.717, 1.165) is 5.96 Å². The lowest BCUT2D eigenvalue weighted by Crippen LogP contribution is -2.58. The summed E-state index contributed by atoms with van der Waals surface area (Å²) in [5, 5.41) is 2.30. The van der Waals surface area contributed by atoms with Crippen LogP contribution >= 0.6 is 0 Å². The van der Waals surface area contributed by atoms with Crippen molar-refractivity contribution >= 4 is 5.96 Å². The Labute approximate surface area is 117 Å². The van der Waals surface area contributed by atoms with E-state index < -0.39 is 0 Å². The summed E-state index contributed by atoms with van der Waals surface area (Å²) in [6.07, 6.45) is 10.1. The van der Waals surface area contributed by atoms with Crippen molar-refractivity contribution < 1.29 is 0 Å². The highest BCUT2D eigenvalue weighted by Gasteiger charge is 2.25. The Morgan fingerprint density at radius 1 is 1.00 bits per heavy atom. The first-order valence-corrected chi connectivity index (χ1v) is 7.80. The third-order valence-electron chi connectivity index (χ3n) is 4.45. The van der Waals surface area contributed by atoms with Crippen molar-refractivity contribution in [3.8, 4) is 0 Å². The van der Waals surface area contributed by atoms with Crippen molar-refractivity contribution in [1.29, 1.82) is 0 Å². The van der Waals surface area contributed by atoms with Crippen molar-refractivity contribution in [3.05, 3.63) is 0 Å². The Kier molecular flexibility index (Phi) is 5.45. The van der Waals surface area contributed by atoms with Gasteiger partial charge in [-0.05, 0) is 39.5 Å². The number of hydrogen-bond donors (Lipinski definition) is 3. The van der Waals surface area contributed by atoms with E-state index in [1.165, 1.54) is 51.4 Å². The average Bonchev–Trinajstić information content (AvgIpc) is 2.43. The fourth-order valence-corrected chi connectivity index (χ4v) is 3.26. The number of nitrogens with two attached hydrogens (primary N) is 1. The SMILES string of the molecule is CC1CCCC(C)N1NC(=NC1CCCCC1)NN. The van der Waals surface area contributed by atoms with E-state index in [0.29, 0.717) is 18.1 Å². The topological polar surface area (TPSA) is 65.7 Å². The molecule has 0 bridgehead atoms. The molecule has 0 aromatic heterocycles. The van der Waals surface area contributed by atoms with E-state index in [1.54, 1.807) is 0 Å². The zero-order valence-electron chi connectivity index (χ0n) is 12.4. The molecule has 5 heteroatoms. The van der Waals surface area contributed by atoms with Crippen LogP contribution in [0.4, 0.5) is 0 Å². The summed E-state index contributed by atoms with van der Waals surface area (Å²) < 4.78 is 0. The molecule has 1 heterocycles. The molecule has 1 saturated carbocycles. The van der Waals surface area contributed by atoms with Gasteiger partial charge in [-0.15, -0.1) is 0 Å². The predicted octanol–water partition coefficient (Wildman–Crippen LogP) is 1.91. The first-order chi connectivity index (χ1) is 9.20. The van der Waals surface area contributed by atoms with Gasteiger partial charge in [-0.2, -0.15) is 0 Å². The van der Waals surface area contributed by atoms with Crippen molar-refractivity contribution in [2.75, 3.05) is 0 Å². The Bertz CT molecular complexity index is 288. The van der Waals surface area contributed by atoms with Gasteiger partial charge in [0.25, 0.3) is 0 Å². The largest absolute Gasteiger partial charge is 0.293 e. The summed E-state index contributed by atoms with van der Waals surface area (Å²) in [5.74, 6) is 6.36. The second-order valence-corrected chi connectivity index (χ2v) is 6.06. The second-order valence-electron chi connectivity index (χ2n) is 6.06. The van der Waals surface area contributed by atoms with Crippen LogP contribution in [0.25, 0.3) is 0 Å². The average molecular weight is 267 g/mol. The molecule has 1 saturated heterocycles. The minimum Gasteiger partial charge on any atom is -0.293 e. The standard InChI is InChI=1S/C14H29N5/c1-11-7-6-8-12(2)19(11)18-14(17-15)16-13-9-4-3-5-10-13/h11-13H,3-10,15H2,1-2H3,(H2,16,17,18). The van der Waals surface area contributed by atoms with E-state index in [1.807, 2.05) is 0 Å². The van der Waals surface area contributed by atoms with Crippen LogP contribution in [0.2, 0.25) is 0 Å². The fourth-order valence-electron chi connectivity index (χ4n) is 3.26. The summed E-state index contributed by atoms with van der Waals surface area (Å²) in [5.41, 5.74) is 6.13. The zero-order valence-corrected chi connectivity index (χ0v) is 12.4. The molecule has 0 spiro atoms. The van der Waals surface area contributed by atoms with Crippen molar-refractivity contribution in [2.24, 2.45) is 10.8 Å². The minimum absolute atomic E-state index is 0.433. The Morgan fingerprint density at radius 2 is 1.63 bits per heavy atom. The van der Waals surface area contributed by atoms with Crippen molar-refractivity contribution in [1.82, 2.24) is 15.9 Å². The van der Waals surface area contributed by atoms with Crippen LogP contribution in [-0.2, 0) is 0 Å². The normalized spacial score (nSPS) is 31.2. The second kappa shape index (κ2) is 7.10. The smallest absolute Gasteiger partial charge is 0.220 e. The molecule has 110 valence electrons. The van der Waals surface area contributed by atoms with Crippen LogP contribution in [0, 0.1) is 0 Å². The van der Waals surface area contributed by atoms with E-state index >= 15 is 0 Å². The van der Waals surface area contributed by atoms with Crippen LogP contribution in [0.3, 0.4) is 0 Å². The van der Waals surface area contributed by atoms with Gasteiger partial charge in [0.2, 0.25) is 5.96 Å². The number of hydrogen-bond acceptors (Lipinski definition) is 3. The number of guanidine groups is 1. The third kappa shape index (κ3) is 4.08. The number of rotatable bonds is 2. The zero-order chi connectivity index (χ0) is 13.7. The molecular formula is C14H29N5. The molecule has 1 aliphatic carbocycles. The summed E-state index contributed by atoms with van der Waals surface area (Å²) in [6, 6.07) is 1.50. The maximum atomic E-state index is 5.63. The van der Waals surface area contributed by atoms with Gasteiger partial charge in [-0.3, -0.25) is 10.9 Å². The first kappa shape index (κ1) is 14.6. The van der Waals surface area contributed by atoms with Gasteiger partial charge in [0, 0.05) is 12.1 Å². The number of aliphatic imine (C=N–C) groups is 1. The third-order valence-corrected chi connectivity index (χ3v) is 4.45. The lowest BCUT2D eigenvalue weighted by atomic mass is 9.96. The van der Waals surface area contributed by atoms with Gasteiger partial charge in [-0.1, -0.05) is 25.7 Å². The van der Waals surface area contributed by atoms with E-state index in [-0.39, 0.29) is 0 Å². The summed E-state index contributed by atoms with van der Waals surface area (Å²) in [6.45, 7) is 4.52. The monoisotopic (exact) mass is 267 g/mol. The summed E-state index contributed by atoms with van der Waals surface area (Å²) in [7, 11) is 0. The summed E-state index contributed by atoms with van der Waals surface area (Å²) >= 11 is 0. The molecule has 5 nitrogen and oxygen atoms in total. The van der Waals surface area contributed by atoms with Crippen LogP contribution in [0.1, 0.15) is 65.2 Å². The number of nitrogens with zero attached hydrogens (tertiary/aromatic N) is 2. The highest BCUT2D eigenvalue weighted by atomic mass is 15.6. The number of nitrogens with one attached hydrogen (secondary N) is 2. The lowest BCUT2D eigenvalue weighted by molar-refractivity contribution is 0.0722. The number of hydrazine groups is 2. The highest BCUT2D eigenvalue weighted by Crippen LogP contribution is 2.21. The maximum Gasteiger partial charge on any atom is 0.220 e. The molecule has 0 aromatic rings. The predicted molar refractivity (Wildman–Crippen MR) is 79.4 cm³/mol. The van der Waals surface area contributed by atoms with Crippen LogP contribution < -0.4 is 16.7 Å². The van der Waals surface area contributed by atoms with E-state index in [4.69, 9.17) is 10.8 Å². The quantitative estimate of drug-likeness (QED) is 0.309. The number of piperidine rings is 1. The Balaban J connectivity index is 1.94. The first-order valence-electron chi connectivity index (χ1n) is 7.80. The molecule has 2 atom stereocenters. The van der Waals surface area contributed by atoms with Gasteiger partial charge in [-0.25, -0.2) is 15.8 Å². The molecule has 4 N–H and O–H groups in total. The van der Waals surface area contributed by atoms with Gasteiger partial charge in [0.05, 0.1) is 6.04 Å². The molecule has 2 fully saturated rings. The van der Waals surface area contributed by atoms with Gasteiger partial charge in [0.1, 0.15) is 0 Å². The lowest BCUT2D eigenvalue weighted by Gasteiger charge is -2.39. The van der Waals surface area contributed by atoms with Gasteiger partial charge < -0.3 is 0 Å². The molecule has 0 aromatic carbocycles. The highest BCUT2D eigenvalue weighted by molar-refractivity contribution is 5.78. The Hall–Kier alpha value is -0.810. The summed E-state index contributed by atoms with van der Waals surface area (Å²) in [4.78, 5) is 4.74. The maximum absolute atomic E-state index is 5.63. The molecule has 19 heavy (non-hydrogen) atoms. The molecule has 2 aliphatic rings. The molecule has 0 radical (unpaired) electrons. The fraction of sp³-hybridized carbons (Fsp3) is 0.929. The van der Waals surface area contributed by atoms with E-state index in [2.05, 4.69) is 29.7 Å². The Morgan fingerprint density at radius 3 is 2.21 bits per heavy atom. The van der Waals surface area contributed by atoms with Crippen LogP contribution in [-0.4, -0.2) is 29.1 Å². The minimum atomic E-state index is 0.433. The molecular weight excluding hydrogens is 238 g/mol. The molecule has 0 amide bonds. The van der Waals surface area contributed by atoms with Crippen molar-refractivity contribution in [3.63, 3.8) is 0 Å². The van der Waals surface area contributed by atoms with Gasteiger partial charge >= 0.3 is 0 Å². The molecule has 2 rings (SSSR count). The van der Waals surface area contributed by atoms with E-state index in [9.17, 15) is 0 Å². The van der Waals surface area contributed by atoms with Crippen LogP contribution in [0.15, 0.2) is 4.99 Å². The molecule has 1 aliphatic heterocycles. The van der Waals surface area contributed by atoms with Gasteiger partial charge in [0.15, 0.2) is 0 Å². The molecule has 2 unspecified atom stereocenters. The van der Waals surface area contributed by atoms with Crippen molar-refractivity contribution in [2.45, 2.75) is 83.3 Å². The van der Waals surface area contributed by atoms with Crippen LogP contribution in [0.5, 0.6) is 0 Å².